The van der Waals surface area contributed by atoms with Gasteiger partial charge >= 0.3 is 0 Å². The van der Waals surface area contributed by atoms with Gasteiger partial charge in [-0.25, -0.2) is 29.9 Å². The maximum atomic E-state index is 6.81. The normalized spacial score (nSPS) is 11.9. The van der Waals surface area contributed by atoms with E-state index < -0.39 is 0 Å². The first-order valence-electron chi connectivity index (χ1n) is 17.7. The van der Waals surface area contributed by atoms with Gasteiger partial charge in [0.05, 0.1) is 0 Å². The molecule has 11 rings (SSSR count). The van der Waals surface area contributed by atoms with E-state index in [4.69, 9.17) is 34.6 Å². The third-order valence-corrected chi connectivity index (χ3v) is 9.98. The molecule has 0 fully saturated rings. The van der Waals surface area contributed by atoms with Gasteiger partial charge < -0.3 is 14.7 Å². The molecule has 9 nitrogen and oxygen atoms in total. The van der Waals surface area contributed by atoms with Crippen LogP contribution in [0.5, 0.6) is 5.75 Å². The molecule has 0 aliphatic carbocycles. The third kappa shape index (κ3) is 4.94. The topological polar surface area (TPSA) is 118 Å². The van der Waals surface area contributed by atoms with E-state index in [1.165, 1.54) is 0 Å². The summed E-state index contributed by atoms with van der Waals surface area (Å²) in [4.78, 5) is 37.6. The van der Waals surface area contributed by atoms with Gasteiger partial charge in [-0.3, -0.25) is 0 Å². The minimum Gasteiger partial charge on any atom is -0.481 e. The number of aromatic nitrogens is 8. The molecule has 9 heteroatoms. The molecule has 0 radical (unpaired) electrons. The van der Waals surface area contributed by atoms with Gasteiger partial charge in [0.15, 0.2) is 23.3 Å². The van der Waals surface area contributed by atoms with Gasteiger partial charge in [0, 0.05) is 43.8 Å². The summed E-state index contributed by atoms with van der Waals surface area (Å²) in [5, 5.41) is 3.76. The molecule has 0 unspecified atom stereocenters. The molecule has 6 aromatic carbocycles. The van der Waals surface area contributed by atoms with Gasteiger partial charge in [-0.1, -0.05) is 133 Å². The molecule has 9 aromatic rings. The molecular formula is C45H28N8O. The lowest BCUT2D eigenvalue weighted by atomic mass is 10.0. The number of benzene rings is 6. The van der Waals surface area contributed by atoms with Crippen molar-refractivity contribution < 1.29 is 4.74 Å². The number of nitrogens with zero attached hydrogens (tertiary/aromatic N) is 6. The van der Waals surface area contributed by atoms with Crippen LogP contribution in [0.1, 0.15) is 17.2 Å². The van der Waals surface area contributed by atoms with Gasteiger partial charge in [0.1, 0.15) is 34.4 Å². The second-order valence-electron chi connectivity index (χ2n) is 13.3. The Morgan fingerprint density at radius 1 is 0.352 bits per heavy atom. The van der Waals surface area contributed by atoms with Crippen molar-refractivity contribution in [2.45, 2.75) is 6.10 Å². The number of aromatic amines is 2. The Morgan fingerprint density at radius 3 is 1.24 bits per heavy atom. The molecule has 2 N–H and O–H groups in total. The lowest BCUT2D eigenvalue weighted by molar-refractivity contribution is 0.247. The summed E-state index contributed by atoms with van der Waals surface area (Å²) in [7, 11) is 0. The predicted octanol–water partition coefficient (Wildman–Crippen LogP) is 10.0. The van der Waals surface area contributed by atoms with Gasteiger partial charge in [0.25, 0.3) is 0 Å². The number of ether oxygens (including phenoxy) is 1. The molecule has 254 valence electrons. The molecule has 2 aliphatic heterocycles. The third-order valence-electron chi connectivity index (χ3n) is 9.98. The average Bonchev–Trinajstić information content (AvgIpc) is 3.96. The molecule has 0 amide bonds. The Hall–Kier alpha value is -7.52. The quantitative estimate of drug-likeness (QED) is 0.188. The van der Waals surface area contributed by atoms with Crippen molar-refractivity contribution in [2.24, 2.45) is 0 Å². The summed E-state index contributed by atoms with van der Waals surface area (Å²) < 4.78 is 6.81. The maximum Gasteiger partial charge on any atom is 0.164 e. The van der Waals surface area contributed by atoms with Crippen molar-refractivity contribution >= 4 is 44.1 Å². The van der Waals surface area contributed by atoms with E-state index in [0.717, 1.165) is 54.9 Å². The van der Waals surface area contributed by atoms with Crippen LogP contribution < -0.4 is 4.74 Å². The van der Waals surface area contributed by atoms with Crippen LogP contribution in [0.25, 0.3) is 89.7 Å². The van der Waals surface area contributed by atoms with Gasteiger partial charge in [0.2, 0.25) is 0 Å². The molecule has 3 aromatic heterocycles. The summed E-state index contributed by atoms with van der Waals surface area (Å²) in [6.07, 6.45) is -0.325. The number of hydrogen-bond donors (Lipinski definition) is 2. The Morgan fingerprint density at radius 2 is 0.741 bits per heavy atom. The van der Waals surface area contributed by atoms with Crippen LogP contribution in [0.15, 0.2) is 152 Å². The number of fused-ring (bicyclic) bond motifs is 20. The molecule has 0 spiro atoms. The first-order chi connectivity index (χ1) is 26.7. The standard InChI is InChI=1S/C45H28N8O/c1-3-13-26(14-4-1)37(27-15-5-2-6-16-27)54-28-23-24-35-36(25-28)45-52-43-34-22-12-11-21-33(34)41(50-43)48-39-30-18-8-7-17-29(30)38(46-39)47-40-31-19-9-10-20-32(31)42(49-40)51-44(35)53-45/h1-25,37H,(H2,46,47,48,49,50,51,52,53). The molecule has 54 heavy (non-hydrogen) atoms. The van der Waals surface area contributed by atoms with E-state index >= 15 is 0 Å². The van der Waals surface area contributed by atoms with E-state index in [0.29, 0.717) is 51.6 Å². The number of rotatable bonds is 4. The fourth-order valence-corrected chi connectivity index (χ4v) is 7.41. The Labute approximate surface area is 308 Å². The first kappa shape index (κ1) is 30.1. The minimum absolute atomic E-state index is 0.325. The van der Waals surface area contributed by atoms with Crippen LogP contribution in [0.4, 0.5) is 0 Å². The largest absolute Gasteiger partial charge is 0.481 e. The fourth-order valence-electron chi connectivity index (χ4n) is 7.41. The molecule has 0 saturated carbocycles. The van der Waals surface area contributed by atoms with Crippen LogP contribution in [0.2, 0.25) is 0 Å². The molecule has 8 bridgehead atoms. The van der Waals surface area contributed by atoms with Crippen LogP contribution in [-0.4, -0.2) is 39.9 Å². The first-order valence-corrected chi connectivity index (χ1v) is 17.7. The highest BCUT2D eigenvalue weighted by atomic mass is 16.5. The number of nitrogens with one attached hydrogen (secondary N) is 2. The Bertz CT molecular complexity index is 3060. The van der Waals surface area contributed by atoms with Crippen molar-refractivity contribution in [2.75, 3.05) is 0 Å². The van der Waals surface area contributed by atoms with Crippen LogP contribution in [0.3, 0.4) is 0 Å². The Balaban J connectivity index is 1.18. The predicted molar refractivity (Wildman–Crippen MR) is 211 cm³/mol. The SMILES string of the molecule is c1ccc(C(Oc2ccc3c(c2)-c2nc4nc(nc5[nH]c(nc6[nH]c(nc-3n2)c2ccccc62)c2ccccc52)-c2ccccc2-4)c2ccccc2)cc1. The van der Waals surface area contributed by atoms with Crippen molar-refractivity contribution in [3.63, 3.8) is 0 Å². The summed E-state index contributed by atoms with van der Waals surface area (Å²) in [5.74, 6) is 2.77. The fraction of sp³-hybridized carbons (Fsp3) is 0.0222. The van der Waals surface area contributed by atoms with Crippen LogP contribution in [0, 0.1) is 0 Å². The van der Waals surface area contributed by atoms with Crippen molar-refractivity contribution in [3.8, 4) is 51.3 Å². The van der Waals surface area contributed by atoms with Crippen molar-refractivity contribution in [1.29, 1.82) is 0 Å². The zero-order valence-electron chi connectivity index (χ0n) is 28.6. The van der Waals surface area contributed by atoms with E-state index in [-0.39, 0.29) is 6.10 Å². The van der Waals surface area contributed by atoms with E-state index in [9.17, 15) is 0 Å². The zero-order chi connectivity index (χ0) is 35.6. The second kappa shape index (κ2) is 12.0. The monoisotopic (exact) mass is 696 g/mol. The lowest BCUT2D eigenvalue weighted by Gasteiger charge is -2.20. The second-order valence-corrected chi connectivity index (χ2v) is 13.3. The highest BCUT2D eigenvalue weighted by molar-refractivity contribution is 6.07. The maximum absolute atomic E-state index is 6.81. The molecule has 2 aliphatic rings. The van der Waals surface area contributed by atoms with Crippen molar-refractivity contribution in [3.05, 3.63) is 163 Å². The summed E-state index contributed by atoms with van der Waals surface area (Å²) in [6.45, 7) is 0. The van der Waals surface area contributed by atoms with Crippen molar-refractivity contribution in [1.82, 2.24) is 39.9 Å². The number of hydrogen-bond acceptors (Lipinski definition) is 7. The molecule has 5 heterocycles. The Kier molecular flexibility index (Phi) is 6.71. The lowest BCUT2D eigenvalue weighted by Crippen LogP contribution is -2.09. The molecule has 0 atom stereocenters. The smallest absolute Gasteiger partial charge is 0.164 e. The van der Waals surface area contributed by atoms with E-state index in [2.05, 4.69) is 34.2 Å². The minimum atomic E-state index is -0.325. The summed E-state index contributed by atoms with van der Waals surface area (Å²) in [6, 6.07) is 50.7. The molecule has 0 saturated heterocycles. The molecular weight excluding hydrogens is 669 g/mol. The van der Waals surface area contributed by atoms with Crippen LogP contribution >= 0.6 is 0 Å². The van der Waals surface area contributed by atoms with Crippen LogP contribution in [-0.2, 0) is 0 Å². The highest BCUT2D eigenvalue weighted by Gasteiger charge is 2.25. The highest BCUT2D eigenvalue weighted by Crippen LogP contribution is 2.40. The van der Waals surface area contributed by atoms with E-state index in [1.807, 2.05) is 127 Å². The van der Waals surface area contributed by atoms with Gasteiger partial charge in [-0.2, -0.15) is 0 Å². The average molecular weight is 697 g/mol. The summed E-state index contributed by atoms with van der Waals surface area (Å²) in [5.41, 5.74) is 8.16. The summed E-state index contributed by atoms with van der Waals surface area (Å²) >= 11 is 0. The zero-order valence-corrected chi connectivity index (χ0v) is 28.6. The number of H-pyrrole nitrogens is 2. The van der Waals surface area contributed by atoms with Gasteiger partial charge in [-0.15, -0.1) is 0 Å². The van der Waals surface area contributed by atoms with E-state index in [1.54, 1.807) is 0 Å². The van der Waals surface area contributed by atoms with Gasteiger partial charge in [-0.05, 0) is 29.3 Å².